The number of fused-ring (bicyclic) bond motifs is 1. The first kappa shape index (κ1) is 15.2. The number of carbonyl (C=O) groups is 1. The number of aromatic nitrogens is 1. The van der Waals surface area contributed by atoms with E-state index in [1.807, 2.05) is 0 Å². The molecule has 0 aliphatic carbocycles. The lowest BCUT2D eigenvalue weighted by Crippen LogP contribution is -2.40. The lowest BCUT2D eigenvalue weighted by atomic mass is 10.2. The number of para-hydroxylation sites is 1. The molecule has 1 aromatic carbocycles. The molecule has 1 amide bonds. The van der Waals surface area contributed by atoms with Gasteiger partial charge in [0.1, 0.15) is 12.2 Å². The molecule has 1 heterocycles. The number of aliphatic hydroxyl groups excluding tert-OH is 1. The minimum atomic E-state index is -4.53. The van der Waals surface area contributed by atoms with Crippen LogP contribution in [0.3, 0.4) is 0 Å². The summed E-state index contributed by atoms with van der Waals surface area (Å²) in [5.41, 5.74) is 6.63. The first-order valence-corrected chi connectivity index (χ1v) is 6.16. The van der Waals surface area contributed by atoms with Crippen LogP contribution in [-0.4, -0.2) is 46.8 Å². The molecule has 5 nitrogen and oxygen atoms in total. The maximum absolute atomic E-state index is 12.5. The molecule has 0 spiro atoms. The second-order valence-electron chi connectivity index (χ2n) is 4.56. The van der Waals surface area contributed by atoms with E-state index in [1.165, 1.54) is 6.07 Å². The maximum atomic E-state index is 12.5. The van der Waals surface area contributed by atoms with Gasteiger partial charge < -0.3 is 20.7 Å². The van der Waals surface area contributed by atoms with Crippen molar-refractivity contribution in [3.8, 4) is 0 Å². The molecule has 21 heavy (non-hydrogen) atoms. The molecule has 0 fully saturated rings. The zero-order valence-corrected chi connectivity index (χ0v) is 10.9. The summed E-state index contributed by atoms with van der Waals surface area (Å²) in [6, 6.07) is 6.43. The molecule has 1 aromatic heterocycles. The Morgan fingerprint density at radius 3 is 2.67 bits per heavy atom. The quantitative estimate of drug-likeness (QED) is 0.752. The highest BCUT2D eigenvalue weighted by Gasteiger charge is 2.33. The van der Waals surface area contributed by atoms with E-state index >= 15 is 0 Å². The molecule has 114 valence electrons. The van der Waals surface area contributed by atoms with Gasteiger partial charge in [0.05, 0.1) is 17.8 Å². The first-order chi connectivity index (χ1) is 9.81. The van der Waals surface area contributed by atoms with Crippen molar-refractivity contribution in [1.82, 2.24) is 9.88 Å². The van der Waals surface area contributed by atoms with Gasteiger partial charge in [-0.05, 0) is 12.1 Å². The number of nitrogens with zero attached hydrogens (tertiary/aromatic N) is 1. The van der Waals surface area contributed by atoms with E-state index in [1.54, 1.807) is 18.2 Å². The average Bonchev–Trinajstić information content (AvgIpc) is 2.81. The van der Waals surface area contributed by atoms with Gasteiger partial charge >= 0.3 is 6.18 Å². The van der Waals surface area contributed by atoms with E-state index < -0.39 is 31.8 Å². The molecule has 0 aliphatic heterocycles. The second kappa shape index (κ2) is 5.65. The molecule has 0 radical (unpaired) electrons. The fourth-order valence-electron chi connectivity index (χ4n) is 2.05. The van der Waals surface area contributed by atoms with E-state index in [0.717, 1.165) is 0 Å². The van der Waals surface area contributed by atoms with Gasteiger partial charge in [-0.1, -0.05) is 12.1 Å². The summed E-state index contributed by atoms with van der Waals surface area (Å²) in [4.78, 5) is 15.4. The van der Waals surface area contributed by atoms with Gasteiger partial charge in [0.25, 0.3) is 5.91 Å². The number of halogens is 3. The average molecular weight is 301 g/mol. The Morgan fingerprint density at radius 2 is 2.10 bits per heavy atom. The standard InChI is InChI=1S/C13H14F3N3O2/c14-13(15,16)7-19(4-5-20)12(21)10-6-8-2-1-3-9(17)11(8)18-10/h1-3,6,18,20H,4-5,7,17H2. The molecular formula is C13H14F3N3O2. The maximum Gasteiger partial charge on any atom is 0.406 e. The van der Waals surface area contributed by atoms with Gasteiger partial charge in [0.2, 0.25) is 0 Å². The zero-order chi connectivity index (χ0) is 15.6. The number of benzene rings is 1. The first-order valence-electron chi connectivity index (χ1n) is 6.16. The number of carbonyl (C=O) groups excluding carboxylic acids is 1. The molecule has 0 unspecified atom stereocenters. The number of nitrogens with one attached hydrogen (secondary N) is 1. The third-order valence-corrected chi connectivity index (χ3v) is 2.95. The predicted octanol–water partition coefficient (Wildman–Crippen LogP) is 1.75. The van der Waals surface area contributed by atoms with Crippen LogP contribution in [0.2, 0.25) is 0 Å². The number of aromatic amines is 1. The molecule has 0 bridgehead atoms. The van der Waals surface area contributed by atoms with Crippen molar-refractivity contribution in [2.75, 3.05) is 25.4 Å². The number of rotatable bonds is 4. The van der Waals surface area contributed by atoms with Gasteiger partial charge in [0, 0.05) is 11.9 Å². The molecule has 2 rings (SSSR count). The van der Waals surface area contributed by atoms with Crippen molar-refractivity contribution in [3.05, 3.63) is 30.0 Å². The number of hydrogen-bond acceptors (Lipinski definition) is 3. The number of anilines is 1. The summed E-state index contributed by atoms with van der Waals surface area (Å²) in [6.45, 7) is -2.37. The Kier molecular flexibility index (Phi) is 4.08. The van der Waals surface area contributed by atoms with Gasteiger partial charge in [0.15, 0.2) is 0 Å². The lowest BCUT2D eigenvalue weighted by molar-refractivity contribution is -0.141. The van der Waals surface area contributed by atoms with E-state index in [4.69, 9.17) is 10.8 Å². The topological polar surface area (TPSA) is 82.3 Å². The van der Waals surface area contributed by atoms with Crippen molar-refractivity contribution in [3.63, 3.8) is 0 Å². The van der Waals surface area contributed by atoms with Crippen LogP contribution >= 0.6 is 0 Å². The Bertz CT molecular complexity index is 652. The van der Waals surface area contributed by atoms with Crippen LogP contribution < -0.4 is 5.73 Å². The Morgan fingerprint density at radius 1 is 1.38 bits per heavy atom. The van der Waals surface area contributed by atoms with Gasteiger partial charge in [-0.2, -0.15) is 13.2 Å². The van der Waals surface area contributed by atoms with Crippen LogP contribution in [0.25, 0.3) is 10.9 Å². The molecular weight excluding hydrogens is 287 g/mol. The summed E-state index contributed by atoms with van der Waals surface area (Å²) in [5, 5.41) is 9.46. The fraction of sp³-hybridized carbons (Fsp3) is 0.308. The van der Waals surface area contributed by atoms with Crippen molar-refractivity contribution >= 4 is 22.5 Å². The van der Waals surface area contributed by atoms with E-state index in [-0.39, 0.29) is 5.69 Å². The Hall–Kier alpha value is -2.22. The number of aliphatic hydroxyl groups is 1. The summed E-state index contributed by atoms with van der Waals surface area (Å²) in [6.07, 6.45) is -4.53. The third-order valence-electron chi connectivity index (χ3n) is 2.95. The van der Waals surface area contributed by atoms with E-state index in [2.05, 4.69) is 4.98 Å². The molecule has 8 heteroatoms. The van der Waals surface area contributed by atoms with Crippen molar-refractivity contribution < 1.29 is 23.1 Å². The number of H-pyrrole nitrogens is 1. The highest BCUT2D eigenvalue weighted by molar-refractivity contribution is 6.00. The second-order valence-corrected chi connectivity index (χ2v) is 4.56. The minimum absolute atomic E-state index is 0.000556. The minimum Gasteiger partial charge on any atom is -0.397 e. The molecule has 0 saturated heterocycles. The van der Waals surface area contributed by atoms with E-state index in [0.29, 0.717) is 21.5 Å². The Labute approximate surface area is 118 Å². The zero-order valence-electron chi connectivity index (χ0n) is 10.9. The highest BCUT2D eigenvalue weighted by atomic mass is 19.4. The van der Waals surface area contributed by atoms with Gasteiger partial charge in [-0.15, -0.1) is 0 Å². The monoisotopic (exact) mass is 301 g/mol. The van der Waals surface area contributed by atoms with Crippen molar-refractivity contribution in [2.45, 2.75) is 6.18 Å². The largest absolute Gasteiger partial charge is 0.406 e. The van der Waals surface area contributed by atoms with Gasteiger partial charge in [-0.3, -0.25) is 4.79 Å². The molecule has 0 aliphatic rings. The molecule has 2 aromatic rings. The van der Waals surface area contributed by atoms with Crippen LogP contribution in [0, 0.1) is 0 Å². The van der Waals surface area contributed by atoms with Crippen LogP contribution in [-0.2, 0) is 0 Å². The van der Waals surface area contributed by atoms with Gasteiger partial charge in [-0.25, -0.2) is 0 Å². The van der Waals surface area contributed by atoms with Crippen LogP contribution in [0.15, 0.2) is 24.3 Å². The lowest BCUT2D eigenvalue weighted by Gasteiger charge is -2.22. The summed E-state index contributed by atoms with van der Waals surface area (Å²) in [5.74, 6) is -0.836. The molecule has 4 N–H and O–H groups in total. The normalized spacial score (nSPS) is 11.8. The number of nitrogen functional groups attached to an aromatic ring is 1. The van der Waals surface area contributed by atoms with Crippen molar-refractivity contribution in [2.24, 2.45) is 0 Å². The Balaban J connectivity index is 2.32. The molecule has 0 atom stereocenters. The smallest absolute Gasteiger partial charge is 0.397 e. The summed E-state index contributed by atoms with van der Waals surface area (Å²) >= 11 is 0. The SMILES string of the molecule is Nc1cccc2cc(C(=O)N(CCO)CC(F)(F)F)[nH]c12. The summed E-state index contributed by atoms with van der Waals surface area (Å²) < 4.78 is 37.4. The fourth-order valence-corrected chi connectivity index (χ4v) is 2.05. The number of hydrogen-bond donors (Lipinski definition) is 3. The predicted molar refractivity (Wildman–Crippen MR) is 71.8 cm³/mol. The number of nitrogens with two attached hydrogens (primary N) is 1. The number of alkyl halides is 3. The third kappa shape index (κ3) is 3.46. The van der Waals surface area contributed by atoms with Crippen LogP contribution in [0.5, 0.6) is 0 Å². The van der Waals surface area contributed by atoms with E-state index in [9.17, 15) is 18.0 Å². The molecule has 0 saturated carbocycles. The number of amides is 1. The van der Waals surface area contributed by atoms with Crippen LogP contribution in [0.1, 0.15) is 10.5 Å². The highest BCUT2D eigenvalue weighted by Crippen LogP contribution is 2.23. The summed E-state index contributed by atoms with van der Waals surface area (Å²) in [7, 11) is 0. The van der Waals surface area contributed by atoms with Crippen LogP contribution in [0.4, 0.5) is 18.9 Å². The van der Waals surface area contributed by atoms with Crippen molar-refractivity contribution in [1.29, 1.82) is 0 Å².